The molecule has 7 heteroatoms. The van der Waals surface area contributed by atoms with Crippen LogP contribution in [0.3, 0.4) is 0 Å². The molecule has 0 spiro atoms. The lowest BCUT2D eigenvalue weighted by atomic mass is 9.94. The molecule has 19 heavy (non-hydrogen) atoms. The van der Waals surface area contributed by atoms with Crippen LogP contribution in [0.4, 0.5) is 5.69 Å². The fourth-order valence-electron chi connectivity index (χ4n) is 1.84. The lowest BCUT2D eigenvalue weighted by Gasteiger charge is -2.13. The number of halogens is 1. The standard InChI is InChI=1S/C12H15ClN2O4/c13-10-4-1-5-11(15(18)19)9(10)7-8(12(16)17)3-2-6-14/h1,4-5,8H,2-3,6-7,14H2,(H,16,17). The second-order valence-electron chi connectivity index (χ2n) is 4.16. The van der Waals surface area contributed by atoms with E-state index >= 15 is 0 Å². The topological polar surface area (TPSA) is 106 Å². The Labute approximate surface area is 115 Å². The van der Waals surface area contributed by atoms with E-state index in [0.717, 1.165) is 0 Å². The summed E-state index contributed by atoms with van der Waals surface area (Å²) in [6.07, 6.45) is 0.953. The number of hydrogen-bond acceptors (Lipinski definition) is 4. The molecule has 1 unspecified atom stereocenters. The zero-order chi connectivity index (χ0) is 14.4. The van der Waals surface area contributed by atoms with Gasteiger partial charge in [-0.25, -0.2) is 0 Å². The summed E-state index contributed by atoms with van der Waals surface area (Å²) >= 11 is 5.93. The van der Waals surface area contributed by atoms with E-state index in [9.17, 15) is 14.9 Å². The van der Waals surface area contributed by atoms with Gasteiger partial charge in [0.2, 0.25) is 0 Å². The minimum Gasteiger partial charge on any atom is -0.481 e. The smallest absolute Gasteiger partial charge is 0.306 e. The molecule has 0 saturated carbocycles. The van der Waals surface area contributed by atoms with Crippen LogP contribution in [0.2, 0.25) is 5.02 Å². The van der Waals surface area contributed by atoms with Crippen LogP contribution in [-0.2, 0) is 11.2 Å². The molecular formula is C12H15ClN2O4. The van der Waals surface area contributed by atoms with E-state index in [1.54, 1.807) is 0 Å². The van der Waals surface area contributed by atoms with E-state index in [1.165, 1.54) is 18.2 Å². The van der Waals surface area contributed by atoms with Crippen molar-refractivity contribution in [1.29, 1.82) is 0 Å². The van der Waals surface area contributed by atoms with Crippen molar-refractivity contribution in [3.05, 3.63) is 38.9 Å². The van der Waals surface area contributed by atoms with E-state index in [2.05, 4.69) is 0 Å². The third kappa shape index (κ3) is 4.18. The summed E-state index contributed by atoms with van der Waals surface area (Å²) < 4.78 is 0. The van der Waals surface area contributed by atoms with Crippen LogP contribution >= 0.6 is 11.6 Å². The predicted octanol–water partition coefficient (Wildman–Crippen LogP) is 2.23. The highest BCUT2D eigenvalue weighted by Gasteiger charge is 2.24. The lowest BCUT2D eigenvalue weighted by Crippen LogP contribution is -2.18. The molecule has 0 fully saturated rings. The van der Waals surface area contributed by atoms with Gasteiger partial charge >= 0.3 is 5.97 Å². The number of nitrogens with two attached hydrogens (primary N) is 1. The predicted molar refractivity (Wildman–Crippen MR) is 71.2 cm³/mol. The van der Waals surface area contributed by atoms with Crippen LogP contribution < -0.4 is 5.73 Å². The highest BCUT2D eigenvalue weighted by molar-refractivity contribution is 6.31. The van der Waals surface area contributed by atoms with E-state index in [0.29, 0.717) is 19.4 Å². The van der Waals surface area contributed by atoms with Crippen molar-refractivity contribution in [1.82, 2.24) is 0 Å². The van der Waals surface area contributed by atoms with Gasteiger partial charge in [0.15, 0.2) is 0 Å². The summed E-state index contributed by atoms with van der Waals surface area (Å²) in [5.41, 5.74) is 5.47. The van der Waals surface area contributed by atoms with Gasteiger partial charge < -0.3 is 10.8 Å². The van der Waals surface area contributed by atoms with E-state index < -0.39 is 16.8 Å². The van der Waals surface area contributed by atoms with Crippen LogP contribution in [0.1, 0.15) is 18.4 Å². The van der Waals surface area contributed by atoms with E-state index in [-0.39, 0.29) is 22.7 Å². The highest BCUT2D eigenvalue weighted by atomic mass is 35.5. The highest BCUT2D eigenvalue weighted by Crippen LogP contribution is 2.29. The van der Waals surface area contributed by atoms with Gasteiger partial charge in [-0.05, 0) is 31.9 Å². The molecule has 0 radical (unpaired) electrons. The third-order valence-electron chi connectivity index (χ3n) is 2.85. The maximum absolute atomic E-state index is 11.1. The van der Waals surface area contributed by atoms with Gasteiger partial charge in [-0.3, -0.25) is 14.9 Å². The molecule has 0 heterocycles. The zero-order valence-corrected chi connectivity index (χ0v) is 11.0. The molecule has 0 aliphatic carbocycles. The molecule has 0 amide bonds. The van der Waals surface area contributed by atoms with Gasteiger partial charge in [-0.15, -0.1) is 0 Å². The first-order chi connectivity index (χ1) is 8.97. The van der Waals surface area contributed by atoms with Gasteiger partial charge in [0.25, 0.3) is 5.69 Å². The number of aliphatic carboxylic acids is 1. The van der Waals surface area contributed by atoms with Crippen molar-refractivity contribution in [2.75, 3.05) is 6.54 Å². The van der Waals surface area contributed by atoms with Crippen molar-refractivity contribution in [3.63, 3.8) is 0 Å². The maximum Gasteiger partial charge on any atom is 0.306 e. The first kappa shape index (κ1) is 15.4. The number of nitrogens with zero attached hydrogens (tertiary/aromatic N) is 1. The summed E-state index contributed by atoms with van der Waals surface area (Å²) in [5, 5.41) is 20.3. The largest absolute Gasteiger partial charge is 0.481 e. The molecule has 1 aromatic carbocycles. The van der Waals surface area contributed by atoms with Crippen LogP contribution in [0.25, 0.3) is 0 Å². The van der Waals surface area contributed by atoms with Gasteiger partial charge in [0.05, 0.1) is 15.9 Å². The molecule has 0 aromatic heterocycles. The molecule has 0 aliphatic heterocycles. The Morgan fingerprint density at radius 3 is 2.74 bits per heavy atom. The Balaban J connectivity index is 3.01. The first-order valence-electron chi connectivity index (χ1n) is 5.82. The Morgan fingerprint density at radius 1 is 1.53 bits per heavy atom. The molecule has 1 atom stereocenters. The maximum atomic E-state index is 11.1. The molecule has 0 aliphatic rings. The molecule has 0 bridgehead atoms. The van der Waals surface area contributed by atoms with Crippen molar-refractivity contribution in [2.45, 2.75) is 19.3 Å². The summed E-state index contributed by atoms with van der Waals surface area (Å²) in [5.74, 6) is -1.72. The summed E-state index contributed by atoms with van der Waals surface area (Å²) in [4.78, 5) is 21.5. The van der Waals surface area contributed by atoms with Crippen molar-refractivity contribution >= 4 is 23.3 Å². The average Bonchev–Trinajstić information content (AvgIpc) is 2.35. The summed E-state index contributed by atoms with van der Waals surface area (Å²) in [7, 11) is 0. The minimum atomic E-state index is -0.998. The molecular weight excluding hydrogens is 272 g/mol. The number of benzene rings is 1. The molecule has 104 valence electrons. The number of nitro groups is 1. The number of carbonyl (C=O) groups is 1. The second kappa shape index (κ2) is 7.06. The lowest BCUT2D eigenvalue weighted by molar-refractivity contribution is -0.385. The van der Waals surface area contributed by atoms with Gasteiger partial charge in [0.1, 0.15) is 0 Å². The molecule has 1 rings (SSSR count). The Morgan fingerprint density at radius 2 is 2.21 bits per heavy atom. The van der Waals surface area contributed by atoms with Crippen LogP contribution in [0, 0.1) is 16.0 Å². The minimum absolute atomic E-state index is 0.0331. The Kier molecular flexibility index (Phi) is 5.72. The van der Waals surface area contributed by atoms with Crippen LogP contribution in [0.5, 0.6) is 0 Å². The van der Waals surface area contributed by atoms with E-state index in [4.69, 9.17) is 22.4 Å². The third-order valence-corrected chi connectivity index (χ3v) is 3.20. The van der Waals surface area contributed by atoms with Crippen molar-refractivity contribution in [2.24, 2.45) is 11.7 Å². The SMILES string of the molecule is NCCCC(Cc1c(Cl)cccc1[N+](=O)[O-])C(=O)O. The second-order valence-corrected chi connectivity index (χ2v) is 4.57. The van der Waals surface area contributed by atoms with Crippen LogP contribution in [-0.4, -0.2) is 22.5 Å². The zero-order valence-electron chi connectivity index (χ0n) is 10.2. The van der Waals surface area contributed by atoms with Crippen LogP contribution in [0.15, 0.2) is 18.2 Å². The number of hydrogen-bond donors (Lipinski definition) is 2. The van der Waals surface area contributed by atoms with E-state index in [1.807, 2.05) is 0 Å². The Bertz CT molecular complexity index is 479. The number of carboxylic acid groups (broad SMARTS) is 1. The Hall–Kier alpha value is -1.66. The molecule has 0 saturated heterocycles. The summed E-state index contributed by atoms with van der Waals surface area (Å²) in [6, 6.07) is 4.31. The molecule has 6 nitrogen and oxygen atoms in total. The van der Waals surface area contributed by atoms with Gasteiger partial charge in [-0.1, -0.05) is 17.7 Å². The van der Waals surface area contributed by atoms with Crippen molar-refractivity contribution < 1.29 is 14.8 Å². The number of nitro benzene ring substituents is 1. The summed E-state index contributed by atoms with van der Waals surface area (Å²) in [6.45, 7) is 0.383. The van der Waals surface area contributed by atoms with Gasteiger partial charge in [0, 0.05) is 11.6 Å². The quantitative estimate of drug-likeness (QED) is 0.590. The number of rotatable bonds is 7. The number of carboxylic acids is 1. The fourth-order valence-corrected chi connectivity index (χ4v) is 2.09. The average molecular weight is 287 g/mol. The fraction of sp³-hybridized carbons (Fsp3) is 0.417. The van der Waals surface area contributed by atoms with Crippen molar-refractivity contribution in [3.8, 4) is 0 Å². The molecule has 3 N–H and O–H groups in total. The first-order valence-corrected chi connectivity index (χ1v) is 6.19. The normalized spacial score (nSPS) is 12.1. The monoisotopic (exact) mass is 286 g/mol. The molecule has 1 aromatic rings. The van der Waals surface area contributed by atoms with Gasteiger partial charge in [-0.2, -0.15) is 0 Å².